The molecule has 1 aliphatic rings. The number of hydrogen-bond acceptors (Lipinski definition) is 5. The molecule has 0 saturated carbocycles. The van der Waals surface area contributed by atoms with Crippen molar-refractivity contribution in [2.75, 3.05) is 6.61 Å². The normalized spacial score (nSPS) is 16.2. The van der Waals surface area contributed by atoms with Gasteiger partial charge in [-0.2, -0.15) is 0 Å². The third kappa shape index (κ3) is 4.45. The van der Waals surface area contributed by atoms with Crippen molar-refractivity contribution in [1.29, 1.82) is 0 Å². The SMILES string of the molecule is CCOC(=O)C1=C(C)N=c2s/c(=C\C=C\c3ccc(Br)cc3)c(=O)n2C1c1ccccc1. The van der Waals surface area contributed by atoms with Gasteiger partial charge in [-0.25, -0.2) is 9.79 Å². The number of esters is 1. The molecular formula is C25H21BrN2O3S. The summed E-state index contributed by atoms with van der Waals surface area (Å²) in [5.74, 6) is -0.452. The fourth-order valence-electron chi connectivity index (χ4n) is 3.58. The zero-order valence-corrected chi connectivity index (χ0v) is 20.0. The van der Waals surface area contributed by atoms with Crippen molar-refractivity contribution in [3.05, 3.63) is 107 Å². The van der Waals surface area contributed by atoms with Gasteiger partial charge in [0.25, 0.3) is 5.56 Å². The maximum absolute atomic E-state index is 13.4. The standard InChI is InChI=1S/C25H21BrN2O3S/c1-3-31-24(30)21-16(2)27-25-28(22(21)18-9-5-4-6-10-18)23(29)20(32-25)11-7-8-17-12-14-19(26)15-13-17/h4-15,22H,3H2,1-2H3/b8-7+,20-11-. The summed E-state index contributed by atoms with van der Waals surface area (Å²) >= 11 is 4.74. The molecule has 0 saturated heterocycles. The third-order valence-electron chi connectivity index (χ3n) is 5.04. The van der Waals surface area contributed by atoms with Crippen LogP contribution in [0.1, 0.15) is 31.0 Å². The van der Waals surface area contributed by atoms with Crippen LogP contribution in [0.5, 0.6) is 0 Å². The van der Waals surface area contributed by atoms with E-state index in [0.717, 1.165) is 15.6 Å². The molecule has 4 rings (SSSR count). The second-order valence-corrected chi connectivity index (χ2v) is 9.07. The first kappa shape index (κ1) is 22.2. The van der Waals surface area contributed by atoms with E-state index in [1.54, 1.807) is 24.5 Å². The fraction of sp³-hybridized carbons (Fsp3) is 0.160. The molecule has 0 fully saturated rings. The minimum atomic E-state index is -0.580. The van der Waals surface area contributed by atoms with E-state index in [2.05, 4.69) is 20.9 Å². The van der Waals surface area contributed by atoms with Crippen molar-refractivity contribution >= 4 is 45.4 Å². The van der Waals surface area contributed by atoms with Crippen LogP contribution < -0.4 is 14.9 Å². The van der Waals surface area contributed by atoms with Gasteiger partial charge in [-0.1, -0.05) is 81.9 Å². The number of carbonyl (C=O) groups is 1. The van der Waals surface area contributed by atoms with Crippen molar-refractivity contribution in [2.24, 2.45) is 4.99 Å². The molecule has 0 aliphatic carbocycles. The molecule has 0 spiro atoms. The van der Waals surface area contributed by atoms with Gasteiger partial charge >= 0.3 is 5.97 Å². The lowest BCUT2D eigenvalue weighted by atomic mass is 9.96. The van der Waals surface area contributed by atoms with Crippen LogP contribution in [0.3, 0.4) is 0 Å². The highest BCUT2D eigenvalue weighted by Gasteiger charge is 2.33. The number of hydrogen-bond donors (Lipinski definition) is 0. The van der Waals surface area contributed by atoms with Gasteiger partial charge < -0.3 is 4.74 Å². The van der Waals surface area contributed by atoms with Crippen LogP contribution in [0.2, 0.25) is 0 Å². The average molecular weight is 509 g/mol. The Morgan fingerprint density at radius 1 is 1.19 bits per heavy atom. The Labute approximate surface area is 197 Å². The van der Waals surface area contributed by atoms with Crippen molar-refractivity contribution in [3.63, 3.8) is 0 Å². The molecule has 0 bridgehead atoms. The maximum atomic E-state index is 13.4. The highest BCUT2D eigenvalue weighted by Crippen LogP contribution is 2.30. The third-order valence-corrected chi connectivity index (χ3v) is 6.57. The number of ether oxygens (including phenoxy) is 1. The van der Waals surface area contributed by atoms with Gasteiger partial charge in [-0.05, 0) is 43.2 Å². The predicted octanol–water partition coefficient (Wildman–Crippen LogP) is 4.23. The van der Waals surface area contributed by atoms with Crippen molar-refractivity contribution in [3.8, 4) is 0 Å². The summed E-state index contributed by atoms with van der Waals surface area (Å²) in [6.07, 6.45) is 5.58. The molecule has 1 unspecified atom stereocenters. The van der Waals surface area contributed by atoms with Crippen molar-refractivity contribution < 1.29 is 9.53 Å². The predicted molar refractivity (Wildman–Crippen MR) is 131 cm³/mol. The number of halogens is 1. The minimum absolute atomic E-state index is 0.183. The summed E-state index contributed by atoms with van der Waals surface area (Å²) in [5.41, 5.74) is 2.64. The number of benzene rings is 2. The summed E-state index contributed by atoms with van der Waals surface area (Å²) in [5, 5.41) is 0. The number of allylic oxidation sites excluding steroid dienone is 2. The lowest BCUT2D eigenvalue weighted by Gasteiger charge is -2.24. The lowest BCUT2D eigenvalue weighted by Crippen LogP contribution is -2.39. The number of aromatic nitrogens is 1. The van der Waals surface area contributed by atoms with E-state index in [4.69, 9.17) is 4.74 Å². The molecule has 2 heterocycles. The molecule has 1 aromatic heterocycles. The van der Waals surface area contributed by atoms with Crippen LogP contribution in [0, 0.1) is 0 Å². The first-order valence-corrected chi connectivity index (χ1v) is 11.8. The van der Waals surface area contributed by atoms with E-state index in [0.29, 0.717) is 20.6 Å². The first-order valence-electron chi connectivity index (χ1n) is 10.2. The van der Waals surface area contributed by atoms with E-state index >= 15 is 0 Å². The maximum Gasteiger partial charge on any atom is 0.338 e. The van der Waals surface area contributed by atoms with Gasteiger partial charge in [0.1, 0.15) is 0 Å². The molecular weight excluding hydrogens is 488 g/mol. The topological polar surface area (TPSA) is 60.7 Å². The Kier molecular flexibility index (Phi) is 6.67. The average Bonchev–Trinajstić information content (AvgIpc) is 3.09. The summed E-state index contributed by atoms with van der Waals surface area (Å²) < 4.78 is 8.45. The zero-order valence-electron chi connectivity index (χ0n) is 17.6. The van der Waals surface area contributed by atoms with Crippen LogP contribution in [0.4, 0.5) is 0 Å². The van der Waals surface area contributed by atoms with E-state index < -0.39 is 12.0 Å². The summed E-state index contributed by atoms with van der Waals surface area (Å²) in [7, 11) is 0. The first-order chi connectivity index (χ1) is 15.5. The Morgan fingerprint density at radius 2 is 1.91 bits per heavy atom. The van der Waals surface area contributed by atoms with E-state index in [1.165, 1.54) is 11.3 Å². The highest BCUT2D eigenvalue weighted by molar-refractivity contribution is 9.10. The fourth-order valence-corrected chi connectivity index (χ4v) is 4.84. The molecule has 0 amide bonds. The molecule has 2 aromatic carbocycles. The van der Waals surface area contributed by atoms with Crippen LogP contribution in [0.15, 0.2) is 86.2 Å². The number of carbonyl (C=O) groups excluding carboxylic acids is 1. The quantitative estimate of drug-likeness (QED) is 0.484. The molecule has 5 nitrogen and oxygen atoms in total. The van der Waals surface area contributed by atoms with E-state index in [9.17, 15) is 9.59 Å². The van der Waals surface area contributed by atoms with Gasteiger partial charge in [0, 0.05) is 4.47 Å². The number of nitrogens with zero attached hydrogens (tertiary/aromatic N) is 2. The van der Waals surface area contributed by atoms with Crippen LogP contribution >= 0.6 is 27.3 Å². The molecule has 162 valence electrons. The largest absolute Gasteiger partial charge is 0.463 e. The summed E-state index contributed by atoms with van der Waals surface area (Å²) in [4.78, 5) is 31.3. The number of rotatable bonds is 5. The summed E-state index contributed by atoms with van der Waals surface area (Å²) in [6.45, 7) is 3.80. The van der Waals surface area contributed by atoms with Crippen molar-refractivity contribution in [2.45, 2.75) is 19.9 Å². The molecule has 3 aromatic rings. The Bertz CT molecular complexity index is 1380. The smallest absolute Gasteiger partial charge is 0.338 e. The van der Waals surface area contributed by atoms with Gasteiger partial charge in [-0.3, -0.25) is 9.36 Å². The molecule has 7 heteroatoms. The molecule has 0 radical (unpaired) electrons. The molecule has 1 aliphatic heterocycles. The van der Waals surface area contributed by atoms with Crippen LogP contribution in [-0.4, -0.2) is 17.1 Å². The van der Waals surface area contributed by atoms with Crippen LogP contribution in [0.25, 0.3) is 12.2 Å². The van der Waals surface area contributed by atoms with Crippen LogP contribution in [-0.2, 0) is 9.53 Å². The lowest BCUT2D eigenvalue weighted by molar-refractivity contribution is -0.139. The van der Waals surface area contributed by atoms with E-state index in [1.807, 2.05) is 66.7 Å². The van der Waals surface area contributed by atoms with Gasteiger partial charge in [0.05, 0.1) is 28.5 Å². The second-order valence-electron chi connectivity index (χ2n) is 7.15. The molecule has 0 N–H and O–H groups in total. The van der Waals surface area contributed by atoms with Gasteiger partial charge in [0.15, 0.2) is 4.80 Å². The Balaban J connectivity index is 1.83. The van der Waals surface area contributed by atoms with Gasteiger partial charge in [0.2, 0.25) is 0 Å². The number of thiazole rings is 1. The minimum Gasteiger partial charge on any atom is -0.463 e. The monoisotopic (exact) mass is 508 g/mol. The number of fused-ring (bicyclic) bond motifs is 1. The van der Waals surface area contributed by atoms with Crippen molar-refractivity contribution in [1.82, 2.24) is 4.57 Å². The van der Waals surface area contributed by atoms with E-state index in [-0.39, 0.29) is 12.2 Å². The highest BCUT2D eigenvalue weighted by atomic mass is 79.9. The molecule has 32 heavy (non-hydrogen) atoms. The Hall–Kier alpha value is -3.03. The zero-order chi connectivity index (χ0) is 22.7. The second kappa shape index (κ2) is 9.63. The molecule has 1 atom stereocenters. The van der Waals surface area contributed by atoms with Gasteiger partial charge in [-0.15, -0.1) is 0 Å². The Morgan fingerprint density at radius 3 is 2.59 bits per heavy atom. The summed E-state index contributed by atoms with van der Waals surface area (Å²) in [6, 6.07) is 16.8.